The topological polar surface area (TPSA) is 47.8 Å². The Morgan fingerprint density at radius 1 is 1.73 bits per heavy atom. The van der Waals surface area contributed by atoms with Crippen LogP contribution in [0.5, 0.6) is 0 Å². The zero-order chi connectivity index (χ0) is 7.68. The molecule has 1 aliphatic rings. The summed E-state index contributed by atoms with van der Waals surface area (Å²) in [4.78, 5) is 10.5. The van der Waals surface area contributed by atoms with Crippen molar-refractivity contribution in [2.24, 2.45) is 0 Å². The molecule has 1 aromatic rings. The number of fused-ring (bicyclic) bond motifs is 1. The SMILES string of the molecule is O=CC1CCCn2cnnc21. The largest absolute Gasteiger partial charge is 0.317 e. The van der Waals surface area contributed by atoms with Crippen molar-refractivity contribution in [2.45, 2.75) is 25.3 Å². The third-order valence-corrected chi connectivity index (χ3v) is 2.06. The Labute approximate surface area is 64.2 Å². The highest BCUT2D eigenvalue weighted by Gasteiger charge is 2.20. The first kappa shape index (κ1) is 6.52. The third-order valence-electron chi connectivity index (χ3n) is 2.06. The highest BCUT2D eigenvalue weighted by molar-refractivity contribution is 5.60. The molecule has 0 N–H and O–H groups in total. The summed E-state index contributed by atoms with van der Waals surface area (Å²) in [6, 6.07) is 0. The number of carbonyl (C=O) groups excluding carboxylic acids is 1. The first-order valence-electron chi connectivity index (χ1n) is 3.75. The molecule has 0 aliphatic carbocycles. The molecule has 1 aromatic heterocycles. The van der Waals surface area contributed by atoms with Crippen LogP contribution in [0.1, 0.15) is 24.6 Å². The zero-order valence-electron chi connectivity index (χ0n) is 6.10. The van der Waals surface area contributed by atoms with Gasteiger partial charge in [0.05, 0.1) is 5.92 Å². The quantitative estimate of drug-likeness (QED) is 0.544. The molecular formula is C7H9N3O. The molecule has 1 unspecified atom stereocenters. The van der Waals surface area contributed by atoms with Crippen LogP contribution in [0.25, 0.3) is 0 Å². The van der Waals surface area contributed by atoms with Crippen LogP contribution in [0, 0.1) is 0 Å². The molecule has 1 aliphatic heterocycles. The van der Waals surface area contributed by atoms with Gasteiger partial charge in [0.25, 0.3) is 0 Å². The Morgan fingerprint density at radius 2 is 2.64 bits per heavy atom. The smallest absolute Gasteiger partial charge is 0.143 e. The van der Waals surface area contributed by atoms with Gasteiger partial charge in [-0.05, 0) is 12.8 Å². The second kappa shape index (κ2) is 2.45. The lowest BCUT2D eigenvalue weighted by molar-refractivity contribution is -0.109. The lowest BCUT2D eigenvalue weighted by Crippen LogP contribution is -2.16. The first-order valence-corrected chi connectivity index (χ1v) is 3.75. The summed E-state index contributed by atoms with van der Waals surface area (Å²) in [6.45, 7) is 0.951. The molecule has 0 saturated heterocycles. The zero-order valence-corrected chi connectivity index (χ0v) is 6.10. The Kier molecular flexibility index (Phi) is 1.45. The average molecular weight is 151 g/mol. The Balaban J connectivity index is 2.39. The van der Waals surface area contributed by atoms with Gasteiger partial charge in [-0.2, -0.15) is 0 Å². The minimum atomic E-state index is -0.0220. The van der Waals surface area contributed by atoms with Crippen LogP contribution in [-0.2, 0) is 11.3 Å². The standard InChI is InChI=1S/C7H9N3O/c11-4-6-2-1-3-10-5-8-9-7(6)10/h4-6H,1-3H2. The summed E-state index contributed by atoms with van der Waals surface area (Å²) in [5.41, 5.74) is 0. The van der Waals surface area contributed by atoms with Crippen LogP contribution >= 0.6 is 0 Å². The summed E-state index contributed by atoms with van der Waals surface area (Å²) < 4.78 is 1.95. The monoisotopic (exact) mass is 151 g/mol. The molecule has 2 heterocycles. The molecule has 4 heteroatoms. The molecular weight excluding hydrogens is 142 g/mol. The fraction of sp³-hybridized carbons (Fsp3) is 0.571. The number of rotatable bonds is 1. The number of hydrogen-bond donors (Lipinski definition) is 0. The Bertz CT molecular complexity index is 268. The van der Waals surface area contributed by atoms with Gasteiger partial charge in [-0.1, -0.05) is 0 Å². The summed E-state index contributed by atoms with van der Waals surface area (Å²) in [5.74, 6) is 0.803. The van der Waals surface area contributed by atoms with Gasteiger partial charge in [0, 0.05) is 6.54 Å². The van der Waals surface area contributed by atoms with Crippen molar-refractivity contribution in [3.8, 4) is 0 Å². The van der Waals surface area contributed by atoms with Gasteiger partial charge in [-0.15, -0.1) is 10.2 Å². The summed E-state index contributed by atoms with van der Waals surface area (Å²) in [5, 5.41) is 7.65. The molecule has 0 amide bonds. The maximum atomic E-state index is 10.5. The van der Waals surface area contributed by atoms with E-state index in [9.17, 15) is 4.79 Å². The van der Waals surface area contributed by atoms with E-state index in [1.165, 1.54) is 0 Å². The molecule has 11 heavy (non-hydrogen) atoms. The van der Waals surface area contributed by atoms with Crippen molar-refractivity contribution in [2.75, 3.05) is 0 Å². The average Bonchev–Trinajstić information content (AvgIpc) is 2.50. The molecule has 0 aromatic carbocycles. The second-order valence-corrected chi connectivity index (χ2v) is 2.77. The Hall–Kier alpha value is -1.19. The third kappa shape index (κ3) is 0.943. The maximum absolute atomic E-state index is 10.5. The minimum Gasteiger partial charge on any atom is -0.317 e. The van der Waals surface area contributed by atoms with Gasteiger partial charge in [0.2, 0.25) is 0 Å². The van der Waals surface area contributed by atoms with Gasteiger partial charge in [0.1, 0.15) is 18.4 Å². The van der Waals surface area contributed by atoms with Crippen molar-refractivity contribution >= 4 is 6.29 Å². The number of aromatic nitrogens is 3. The van der Waals surface area contributed by atoms with E-state index >= 15 is 0 Å². The van der Waals surface area contributed by atoms with E-state index < -0.39 is 0 Å². The van der Waals surface area contributed by atoms with Crippen LogP contribution in [0.3, 0.4) is 0 Å². The van der Waals surface area contributed by atoms with E-state index in [4.69, 9.17) is 0 Å². The van der Waals surface area contributed by atoms with Gasteiger partial charge in [-0.25, -0.2) is 0 Å². The normalized spacial score (nSPS) is 22.7. The number of nitrogens with zero attached hydrogens (tertiary/aromatic N) is 3. The fourth-order valence-electron chi connectivity index (χ4n) is 1.46. The summed E-state index contributed by atoms with van der Waals surface area (Å²) in [6.07, 6.45) is 4.61. The van der Waals surface area contributed by atoms with Gasteiger partial charge >= 0.3 is 0 Å². The molecule has 1 atom stereocenters. The predicted octanol–water partition coefficient (Wildman–Crippen LogP) is 0.354. The van der Waals surface area contributed by atoms with Crippen molar-refractivity contribution in [3.63, 3.8) is 0 Å². The van der Waals surface area contributed by atoms with E-state index in [2.05, 4.69) is 10.2 Å². The minimum absolute atomic E-state index is 0.0220. The fourth-order valence-corrected chi connectivity index (χ4v) is 1.46. The van der Waals surface area contributed by atoms with Crippen LogP contribution in [0.15, 0.2) is 6.33 Å². The van der Waals surface area contributed by atoms with Crippen molar-refractivity contribution in [3.05, 3.63) is 12.2 Å². The van der Waals surface area contributed by atoms with E-state index in [1.807, 2.05) is 4.57 Å². The molecule has 0 radical (unpaired) electrons. The van der Waals surface area contributed by atoms with Gasteiger partial charge < -0.3 is 9.36 Å². The number of hydrogen-bond acceptors (Lipinski definition) is 3. The maximum Gasteiger partial charge on any atom is 0.143 e. The van der Waals surface area contributed by atoms with Crippen LogP contribution in [0.4, 0.5) is 0 Å². The highest BCUT2D eigenvalue weighted by Crippen LogP contribution is 2.22. The molecule has 0 spiro atoms. The van der Waals surface area contributed by atoms with Crippen molar-refractivity contribution in [1.29, 1.82) is 0 Å². The van der Waals surface area contributed by atoms with E-state index in [-0.39, 0.29) is 5.92 Å². The van der Waals surface area contributed by atoms with Gasteiger partial charge in [-0.3, -0.25) is 0 Å². The first-order chi connectivity index (χ1) is 5.42. The molecule has 0 fully saturated rings. The van der Waals surface area contributed by atoms with Crippen molar-refractivity contribution < 1.29 is 4.79 Å². The van der Waals surface area contributed by atoms with Gasteiger partial charge in [0.15, 0.2) is 0 Å². The molecule has 58 valence electrons. The number of aryl methyl sites for hydroxylation is 1. The highest BCUT2D eigenvalue weighted by atomic mass is 16.1. The van der Waals surface area contributed by atoms with Crippen LogP contribution in [-0.4, -0.2) is 21.1 Å². The second-order valence-electron chi connectivity index (χ2n) is 2.77. The van der Waals surface area contributed by atoms with E-state index in [0.29, 0.717) is 0 Å². The van der Waals surface area contributed by atoms with E-state index in [1.54, 1.807) is 6.33 Å². The molecule has 2 rings (SSSR count). The lowest BCUT2D eigenvalue weighted by atomic mass is 10.0. The molecule has 4 nitrogen and oxygen atoms in total. The number of carbonyl (C=O) groups is 1. The summed E-state index contributed by atoms with van der Waals surface area (Å²) >= 11 is 0. The summed E-state index contributed by atoms with van der Waals surface area (Å²) in [7, 11) is 0. The number of aldehydes is 1. The molecule has 0 bridgehead atoms. The van der Waals surface area contributed by atoms with Crippen molar-refractivity contribution in [1.82, 2.24) is 14.8 Å². The predicted molar refractivity (Wildman–Crippen MR) is 38.1 cm³/mol. The Morgan fingerprint density at radius 3 is 3.45 bits per heavy atom. The van der Waals surface area contributed by atoms with Crippen LogP contribution in [0.2, 0.25) is 0 Å². The lowest BCUT2D eigenvalue weighted by Gasteiger charge is -2.16. The van der Waals surface area contributed by atoms with Crippen LogP contribution < -0.4 is 0 Å². The molecule has 0 saturated carbocycles. The van der Waals surface area contributed by atoms with E-state index in [0.717, 1.165) is 31.5 Å².